The second-order valence-electron chi connectivity index (χ2n) is 3.13. The molecule has 5 heteroatoms. The first-order valence-electron chi connectivity index (χ1n) is 4.65. The fourth-order valence-electron chi connectivity index (χ4n) is 0.734. The van der Waals surface area contributed by atoms with Crippen molar-refractivity contribution in [2.75, 3.05) is 20.2 Å². The predicted molar refractivity (Wildman–Crippen MR) is 52.8 cm³/mol. The van der Waals surface area contributed by atoms with Crippen molar-refractivity contribution in [1.82, 2.24) is 10.6 Å². The van der Waals surface area contributed by atoms with Gasteiger partial charge in [0, 0.05) is 20.0 Å². The zero-order chi connectivity index (χ0) is 11.0. The maximum Gasteiger partial charge on any atom is 0.246 e. The lowest BCUT2D eigenvalue weighted by Crippen LogP contribution is -2.32. The minimum absolute atomic E-state index is 0.0414. The van der Waals surface area contributed by atoms with E-state index in [1.54, 1.807) is 7.05 Å². The molecule has 0 bridgehead atoms. The Morgan fingerprint density at radius 1 is 1.29 bits per heavy atom. The van der Waals surface area contributed by atoms with Gasteiger partial charge in [0.1, 0.15) is 6.61 Å². The zero-order valence-electron chi connectivity index (χ0n) is 8.92. The number of amides is 2. The number of ether oxygens (including phenoxy) is 1. The Labute approximate surface area is 84.2 Å². The number of rotatable bonds is 6. The van der Waals surface area contributed by atoms with Gasteiger partial charge in [-0.25, -0.2) is 0 Å². The molecule has 0 aliphatic rings. The summed E-state index contributed by atoms with van der Waals surface area (Å²) in [5.41, 5.74) is 0. The van der Waals surface area contributed by atoms with Gasteiger partial charge in [-0.2, -0.15) is 0 Å². The summed E-state index contributed by atoms with van der Waals surface area (Å²) >= 11 is 0. The lowest BCUT2D eigenvalue weighted by atomic mass is 10.4. The van der Waals surface area contributed by atoms with Crippen molar-refractivity contribution in [3.05, 3.63) is 0 Å². The Morgan fingerprint density at radius 2 is 1.93 bits per heavy atom. The van der Waals surface area contributed by atoms with E-state index in [4.69, 9.17) is 4.74 Å². The Kier molecular flexibility index (Phi) is 6.74. The average Bonchev–Trinajstić information content (AvgIpc) is 2.14. The first-order chi connectivity index (χ1) is 6.56. The maximum absolute atomic E-state index is 11.0. The van der Waals surface area contributed by atoms with E-state index in [0.717, 1.165) is 0 Å². The largest absolute Gasteiger partial charge is 0.369 e. The van der Waals surface area contributed by atoms with Gasteiger partial charge < -0.3 is 15.4 Å². The van der Waals surface area contributed by atoms with Crippen LogP contribution in [-0.2, 0) is 14.3 Å². The molecule has 5 nitrogen and oxygen atoms in total. The van der Waals surface area contributed by atoms with Gasteiger partial charge in [0.05, 0.1) is 6.10 Å². The van der Waals surface area contributed by atoms with Crippen molar-refractivity contribution in [1.29, 1.82) is 0 Å². The fraction of sp³-hybridized carbons (Fsp3) is 0.778. The van der Waals surface area contributed by atoms with Gasteiger partial charge in [-0.15, -0.1) is 0 Å². The highest BCUT2D eigenvalue weighted by Gasteiger charge is 2.03. The Balaban J connectivity index is 3.40. The Morgan fingerprint density at radius 3 is 2.43 bits per heavy atom. The molecule has 0 unspecified atom stereocenters. The number of nitrogens with one attached hydrogen (secondary N) is 2. The smallest absolute Gasteiger partial charge is 0.246 e. The third-order valence-electron chi connectivity index (χ3n) is 1.50. The van der Waals surface area contributed by atoms with Crippen LogP contribution >= 0.6 is 0 Å². The SMILES string of the molecule is CNC(=O)CCNC(=O)COC(C)C. The summed E-state index contributed by atoms with van der Waals surface area (Å²) in [5.74, 6) is -0.280. The Hall–Kier alpha value is -1.10. The molecule has 0 radical (unpaired) electrons. The molecule has 2 N–H and O–H groups in total. The molecule has 82 valence electrons. The first-order valence-corrected chi connectivity index (χ1v) is 4.65. The molecular formula is C9H18N2O3. The lowest BCUT2D eigenvalue weighted by Gasteiger charge is -2.07. The van der Waals surface area contributed by atoms with Gasteiger partial charge in [-0.1, -0.05) is 0 Å². The van der Waals surface area contributed by atoms with E-state index in [-0.39, 0.29) is 24.5 Å². The van der Waals surface area contributed by atoms with Gasteiger partial charge in [0.25, 0.3) is 0 Å². The van der Waals surface area contributed by atoms with Crippen LogP contribution in [0.5, 0.6) is 0 Å². The minimum Gasteiger partial charge on any atom is -0.369 e. The highest BCUT2D eigenvalue weighted by molar-refractivity contribution is 5.79. The van der Waals surface area contributed by atoms with Gasteiger partial charge >= 0.3 is 0 Å². The summed E-state index contributed by atoms with van der Waals surface area (Å²) in [4.78, 5) is 21.8. The summed E-state index contributed by atoms with van der Waals surface area (Å²) < 4.78 is 5.07. The molecule has 0 spiro atoms. The van der Waals surface area contributed by atoms with E-state index in [1.807, 2.05) is 13.8 Å². The van der Waals surface area contributed by atoms with Gasteiger partial charge in [-0.05, 0) is 13.8 Å². The third kappa shape index (κ3) is 7.54. The lowest BCUT2D eigenvalue weighted by molar-refractivity contribution is -0.127. The van der Waals surface area contributed by atoms with Crippen LogP contribution in [0.2, 0.25) is 0 Å². The summed E-state index contributed by atoms with van der Waals surface area (Å²) in [5, 5.41) is 5.05. The molecule has 2 amide bonds. The van der Waals surface area contributed by atoms with Crippen LogP contribution in [0.25, 0.3) is 0 Å². The molecule has 0 aromatic carbocycles. The van der Waals surface area contributed by atoms with Crippen molar-refractivity contribution < 1.29 is 14.3 Å². The molecule has 0 saturated heterocycles. The Bertz CT molecular complexity index is 192. The number of carbonyl (C=O) groups is 2. The molecule has 0 heterocycles. The van der Waals surface area contributed by atoms with Crippen LogP contribution in [0, 0.1) is 0 Å². The van der Waals surface area contributed by atoms with Crippen LogP contribution < -0.4 is 10.6 Å². The molecular weight excluding hydrogens is 184 g/mol. The minimum atomic E-state index is -0.192. The van der Waals surface area contributed by atoms with E-state index in [2.05, 4.69) is 10.6 Å². The van der Waals surface area contributed by atoms with Crippen LogP contribution in [0.1, 0.15) is 20.3 Å². The summed E-state index contributed by atoms with van der Waals surface area (Å²) in [7, 11) is 1.56. The molecule has 0 aliphatic carbocycles. The summed E-state index contributed by atoms with van der Waals surface area (Å²) in [6.45, 7) is 4.11. The summed E-state index contributed by atoms with van der Waals surface area (Å²) in [6, 6.07) is 0. The monoisotopic (exact) mass is 202 g/mol. The average molecular weight is 202 g/mol. The van der Waals surface area contributed by atoms with E-state index < -0.39 is 0 Å². The normalized spacial score (nSPS) is 10.0. The quantitative estimate of drug-likeness (QED) is 0.619. The number of carbonyl (C=O) groups excluding carboxylic acids is 2. The van der Waals surface area contributed by atoms with Crippen molar-refractivity contribution in [2.24, 2.45) is 0 Å². The van der Waals surface area contributed by atoms with Crippen LogP contribution in [-0.4, -0.2) is 38.1 Å². The standard InChI is InChI=1S/C9H18N2O3/c1-7(2)14-6-9(13)11-5-4-8(12)10-3/h7H,4-6H2,1-3H3,(H,10,12)(H,11,13). The van der Waals surface area contributed by atoms with Crippen LogP contribution in [0.15, 0.2) is 0 Å². The maximum atomic E-state index is 11.0. The van der Waals surface area contributed by atoms with E-state index in [0.29, 0.717) is 13.0 Å². The molecule has 0 atom stereocenters. The first kappa shape index (κ1) is 12.9. The van der Waals surface area contributed by atoms with E-state index in [9.17, 15) is 9.59 Å². The molecule has 0 aliphatic heterocycles. The fourth-order valence-corrected chi connectivity index (χ4v) is 0.734. The van der Waals surface area contributed by atoms with E-state index in [1.165, 1.54) is 0 Å². The second-order valence-corrected chi connectivity index (χ2v) is 3.13. The van der Waals surface area contributed by atoms with Crippen molar-refractivity contribution in [3.8, 4) is 0 Å². The highest BCUT2D eigenvalue weighted by Crippen LogP contribution is 1.86. The predicted octanol–water partition coefficient (Wildman–Crippen LogP) is -0.336. The van der Waals surface area contributed by atoms with Crippen molar-refractivity contribution in [2.45, 2.75) is 26.4 Å². The molecule has 14 heavy (non-hydrogen) atoms. The molecule has 0 aromatic heterocycles. The molecule has 0 rings (SSSR count). The molecule has 0 fully saturated rings. The van der Waals surface area contributed by atoms with Gasteiger partial charge in [0.15, 0.2) is 0 Å². The highest BCUT2D eigenvalue weighted by atomic mass is 16.5. The zero-order valence-corrected chi connectivity index (χ0v) is 8.92. The molecule has 0 saturated carbocycles. The van der Waals surface area contributed by atoms with Gasteiger partial charge in [0.2, 0.25) is 11.8 Å². The van der Waals surface area contributed by atoms with Gasteiger partial charge in [-0.3, -0.25) is 9.59 Å². The van der Waals surface area contributed by atoms with E-state index >= 15 is 0 Å². The second kappa shape index (κ2) is 7.32. The van der Waals surface area contributed by atoms with Crippen molar-refractivity contribution >= 4 is 11.8 Å². The number of hydrogen-bond acceptors (Lipinski definition) is 3. The molecule has 0 aromatic rings. The third-order valence-corrected chi connectivity index (χ3v) is 1.50. The van der Waals surface area contributed by atoms with Crippen LogP contribution in [0.4, 0.5) is 0 Å². The summed E-state index contributed by atoms with van der Waals surface area (Å²) in [6.07, 6.45) is 0.337. The van der Waals surface area contributed by atoms with Crippen molar-refractivity contribution in [3.63, 3.8) is 0 Å². The number of hydrogen-bond donors (Lipinski definition) is 2. The van der Waals surface area contributed by atoms with Crippen LogP contribution in [0.3, 0.4) is 0 Å². The topological polar surface area (TPSA) is 67.4 Å².